The van der Waals surface area contributed by atoms with Gasteiger partial charge < -0.3 is 14.6 Å². The van der Waals surface area contributed by atoms with Crippen LogP contribution in [0.15, 0.2) is 36.7 Å². The third-order valence-corrected chi connectivity index (χ3v) is 5.75. The van der Waals surface area contributed by atoms with Crippen LogP contribution in [0.5, 0.6) is 5.75 Å². The van der Waals surface area contributed by atoms with Crippen LogP contribution in [0.2, 0.25) is 0 Å². The summed E-state index contributed by atoms with van der Waals surface area (Å²) in [5.41, 5.74) is 0.937. The first-order valence-electron chi connectivity index (χ1n) is 9.57. The third kappa shape index (κ3) is 3.62. The van der Waals surface area contributed by atoms with Crippen LogP contribution in [-0.4, -0.2) is 22.6 Å². The van der Waals surface area contributed by atoms with E-state index in [0.717, 1.165) is 29.0 Å². The van der Waals surface area contributed by atoms with Crippen molar-refractivity contribution in [2.24, 2.45) is 24.8 Å². The Balaban J connectivity index is 1.57. The maximum Gasteiger partial charge on any atom is 0.221 e. The van der Waals surface area contributed by atoms with E-state index in [4.69, 9.17) is 4.74 Å². The lowest BCUT2D eigenvalue weighted by Crippen LogP contribution is -2.33. The van der Waals surface area contributed by atoms with Gasteiger partial charge in [0.05, 0.1) is 7.11 Å². The van der Waals surface area contributed by atoms with Crippen molar-refractivity contribution in [3.05, 3.63) is 48.0 Å². The molecule has 1 atom stereocenters. The molecule has 0 spiro atoms. The Bertz CT molecular complexity index is 765. The lowest BCUT2D eigenvalue weighted by atomic mass is 9.93. The van der Waals surface area contributed by atoms with Gasteiger partial charge in [0.2, 0.25) is 5.91 Å². The summed E-state index contributed by atoms with van der Waals surface area (Å²) >= 11 is 0. The van der Waals surface area contributed by atoms with Gasteiger partial charge in [-0.15, -0.1) is 0 Å². The molecule has 0 radical (unpaired) electrons. The number of aryl methyl sites for hydroxylation is 1. The van der Waals surface area contributed by atoms with E-state index in [1.807, 2.05) is 42.1 Å². The molecule has 1 aromatic heterocycles. The predicted octanol–water partition coefficient (Wildman–Crippen LogP) is 3.46. The van der Waals surface area contributed by atoms with Gasteiger partial charge in [-0.1, -0.05) is 18.2 Å². The minimum absolute atomic E-state index is 0.118. The lowest BCUT2D eigenvalue weighted by Gasteiger charge is -2.23. The highest BCUT2D eigenvalue weighted by molar-refractivity contribution is 5.77. The Labute approximate surface area is 154 Å². The zero-order chi connectivity index (χ0) is 18.1. The normalized spacial score (nSPS) is 18.0. The van der Waals surface area contributed by atoms with Crippen molar-refractivity contribution in [2.75, 3.05) is 7.11 Å². The summed E-state index contributed by atoms with van der Waals surface area (Å²) < 4.78 is 7.49. The number of methoxy groups -OCH3 is 1. The fraction of sp³-hybridized carbons (Fsp3) is 0.524. The fourth-order valence-corrected chi connectivity index (χ4v) is 4.04. The third-order valence-electron chi connectivity index (χ3n) is 5.75. The zero-order valence-electron chi connectivity index (χ0n) is 15.5. The summed E-state index contributed by atoms with van der Waals surface area (Å²) in [7, 11) is 3.61. The first kappa shape index (κ1) is 17.1. The van der Waals surface area contributed by atoms with E-state index in [0.29, 0.717) is 12.3 Å². The smallest absolute Gasteiger partial charge is 0.221 e. The number of nitrogens with one attached hydrogen (secondary N) is 1. The second-order valence-electron chi connectivity index (χ2n) is 7.68. The Morgan fingerprint density at radius 1 is 1.27 bits per heavy atom. The van der Waals surface area contributed by atoms with Crippen LogP contribution in [-0.2, 0) is 11.8 Å². The molecule has 2 fully saturated rings. The number of nitrogens with zero attached hydrogens (tertiary/aromatic N) is 2. The molecule has 0 aliphatic heterocycles. The van der Waals surface area contributed by atoms with E-state index in [1.54, 1.807) is 13.3 Å². The highest BCUT2D eigenvalue weighted by Crippen LogP contribution is 2.50. The number of ether oxygens (including phenoxy) is 1. The quantitative estimate of drug-likeness (QED) is 0.791. The number of rotatable bonds is 8. The maximum atomic E-state index is 12.9. The van der Waals surface area contributed by atoms with Crippen molar-refractivity contribution >= 4 is 5.91 Å². The second kappa shape index (κ2) is 7.14. The van der Waals surface area contributed by atoms with E-state index in [9.17, 15) is 4.79 Å². The van der Waals surface area contributed by atoms with Gasteiger partial charge >= 0.3 is 0 Å². The summed E-state index contributed by atoms with van der Waals surface area (Å²) in [6.45, 7) is 0. The Kier molecular flexibility index (Phi) is 4.70. The number of hydrogen-bond donors (Lipinski definition) is 1. The number of para-hydroxylation sites is 1. The summed E-state index contributed by atoms with van der Waals surface area (Å²) in [5, 5.41) is 3.24. The number of imidazole rings is 1. The SMILES string of the molecule is COc1ccccc1C(NC(=O)CC(C1CC1)C1CC1)c1nccn1C. The number of carbonyl (C=O) groups is 1. The average Bonchev–Trinajstić information content (AvgIpc) is 3.57. The van der Waals surface area contributed by atoms with Gasteiger partial charge in [-0.05, 0) is 49.5 Å². The van der Waals surface area contributed by atoms with Crippen molar-refractivity contribution in [3.63, 3.8) is 0 Å². The molecule has 4 rings (SSSR count). The molecule has 0 saturated heterocycles. The number of benzene rings is 1. The largest absolute Gasteiger partial charge is 0.496 e. The molecular formula is C21H27N3O2. The molecule has 0 bridgehead atoms. The summed E-state index contributed by atoms with van der Waals surface area (Å²) in [6, 6.07) is 7.53. The van der Waals surface area contributed by atoms with Crippen LogP contribution in [0.25, 0.3) is 0 Å². The summed E-state index contributed by atoms with van der Waals surface area (Å²) in [5.74, 6) is 3.80. The molecule has 1 amide bonds. The highest BCUT2D eigenvalue weighted by atomic mass is 16.5. The van der Waals surface area contributed by atoms with Crippen LogP contribution in [0.1, 0.15) is 49.5 Å². The first-order chi connectivity index (χ1) is 12.7. The summed E-state index contributed by atoms with van der Waals surface area (Å²) in [6.07, 6.45) is 9.48. The Morgan fingerprint density at radius 2 is 1.96 bits per heavy atom. The van der Waals surface area contributed by atoms with Crippen molar-refractivity contribution in [2.45, 2.75) is 38.1 Å². The van der Waals surface area contributed by atoms with Crippen molar-refractivity contribution in [3.8, 4) is 5.75 Å². The molecule has 2 aliphatic rings. The van der Waals surface area contributed by atoms with Gasteiger partial charge in [-0.2, -0.15) is 0 Å². The minimum atomic E-state index is -0.308. The van der Waals surface area contributed by atoms with Crippen LogP contribution in [0.3, 0.4) is 0 Å². The topological polar surface area (TPSA) is 56.1 Å². The molecule has 2 aromatic rings. The van der Waals surface area contributed by atoms with Crippen LogP contribution in [0, 0.1) is 17.8 Å². The monoisotopic (exact) mass is 353 g/mol. The van der Waals surface area contributed by atoms with E-state index in [1.165, 1.54) is 25.7 Å². The van der Waals surface area contributed by atoms with Crippen molar-refractivity contribution < 1.29 is 9.53 Å². The molecule has 2 aliphatic carbocycles. The van der Waals surface area contributed by atoms with Crippen molar-refractivity contribution in [1.82, 2.24) is 14.9 Å². The van der Waals surface area contributed by atoms with Gasteiger partial charge in [0.15, 0.2) is 0 Å². The van der Waals surface area contributed by atoms with E-state index in [2.05, 4.69) is 10.3 Å². The molecule has 5 nitrogen and oxygen atoms in total. The molecule has 5 heteroatoms. The molecule has 1 N–H and O–H groups in total. The average molecular weight is 353 g/mol. The van der Waals surface area contributed by atoms with Gasteiger partial charge in [0.1, 0.15) is 17.6 Å². The Morgan fingerprint density at radius 3 is 2.54 bits per heavy atom. The van der Waals surface area contributed by atoms with Crippen LogP contribution < -0.4 is 10.1 Å². The Hall–Kier alpha value is -2.30. The lowest BCUT2D eigenvalue weighted by molar-refractivity contribution is -0.122. The van der Waals surface area contributed by atoms with E-state index in [-0.39, 0.29) is 11.9 Å². The predicted molar refractivity (Wildman–Crippen MR) is 99.7 cm³/mol. The number of hydrogen-bond acceptors (Lipinski definition) is 3. The molecular weight excluding hydrogens is 326 g/mol. The van der Waals surface area contributed by atoms with Gasteiger partial charge in [0, 0.05) is 31.4 Å². The highest BCUT2D eigenvalue weighted by Gasteiger charge is 2.42. The maximum absolute atomic E-state index is 12.9. The van der Waals surface area contributed by atoms with Crippen LogP contribution in [0.4, 0.5) is 0 Å². The number of amides is 1. The molecule has 26 heavy (non-hydrogen) atoms. The van der Waals surface area contributed by atoms with E-state index >= 15 is 0 Å². The zero-order valence-corrected chi connectivity index (χ0v) is 15.5. The number of carbonyl (C=O) groups excluding carboxylic acids is 1. The summed E-state index contributed by atoms with van der Waals surface area (Å²) in [4.78, 5) is 17.4. The standard InChI is InChI=1S/C21H27N3O2/c1-24-12-11-22-21(24)20(16-5-3-4-6-18(16)26-2)23-19(25)13-17(14-7-8-14)15-9-10-15/h3-6,11-12,14-15,17,20H,7-10,13H2,1-2H3,(H,23,25). The van der Waals surface area contributed by atoms with Crippen molar-refractivity contribution in [1.29, 1.82) is 0 Å². The molecule has 1 heterocycles. The number of aromatic nitrogens is 2. The second-order valence-corrected chi connectivity index (χ2v) is 7.68. The molecule has 1 unspecified atom stereocenters. The van der Waals surface area contributed by atoms with Crippen LogP contribution >= 0.6 is 0 Å². The van der Waals surface area contributed by atoms with Gasteiger partial charge in [-0.25, -0.2) is 4.98 Å². The van der Waals surface area contributed by atoms with Gasteiger partial charge in [-0.3, -0.25) is 4.79 Å². The minimum Gasteiger partial charge on any atom is -0.496 e. The molecule has 1 aromatic carbocycles. The molecule has 2 saturated carbocycles. The van der Waals surface area contributed by atoms with Gasteiger partial charge in [0.25, 0.3) is 0 Å². The van der Waals surface area contributed by atoms with E-state index < -0.39 is 0 Å². The molecule has 138 valence electrons. The first-order valence-corrected chi connectivity index (χ1v) is 9.57. The fourth-order valence-electron chi connectivity index (χ4n) is 4.04.